The van der Waals surface area contributed by atoms with Crippen molar-refractivity contribution in [3.05, 3.63) is 0 Å². The summed E-state index contributed by atoms with van der Waals surface area (Å²) < 4.78 is 0. The molecule has 80 valence electrons. The molecule has 1 atom stereocenters. The van der Waals surface area contributed by atoms with Crippen molar-refractivity contribution in [2.24, 2.45) is 5.92 Å². The van der Waals surface area contributed by atoms with Gasteiger partial charge in [0, 0.05) is 5.92 Å². The first-order valence-corrected chi connectivity index (χ1v) is 4.79. The highest BCUT2D eigenvalue weighted by atomic mass is 16.4. The molecule has 0 saturated heterocycles. The Kier molecular flexibility index (Phi) is 3.88. The van der Waals surface area contributed by atoms with Crippen LogP contribution in [0.25, 0.3) is 0 Å². The highest BCUT2D eigenvalue weighted by Gasteiger charge is 2.26. The van der Waals surface area contributed by atoms with E-state index in [1.807, 2.05) is 0 Å². The van der Waals surface area contributed by atoms with Gasteiger partial charge < -0.3 is 15.5 Å². The van der Waals surface area contributed by atoms with E-state index >= 15 is 0 Å². The van der Waals surface area contributed by atoms with Gasteiger partial charge in [-0.1, -0.05) is 12.8 Å². The Labute approximate surface area is 82.1 Å². The maximum atomic E-state index is 11.4. The summed E-state index contributed by atoms with van der Waals surface area (Å²) in [4.78, 5) is 21.9. The molecule has 0 spiro atoms. The Hall–Kier alpha value is -1.10. The largest absolute Gasteiger partial charge is 0.480 e. The zero-order chi connectivity index (χ0) is 10.6. The van der Waals surface area contributed by atoms with Crippen LogP contribution >= 0.6 is 0 Å². The number of aliphatic hydroxyl groups excluding tert-OH is 1. The standard InChI is InChI=1S/C9H15NO4/c11-5-7(9(13)14)10-8(12)6-3-1-2-4-6/h6-7,11H,1-5H2,(H,10,12)(H,13,14). The number of carbonyl (C=O) groups excluding carboxylic acids is 1. The van der Waals surface area contributed by atoms with Gasteiger partial charge in [0.2, 0.25) is 5.91 Å². The quantitative estimate of drug-likeness (QED) is 0.584. The average Bonchev–Trinajstić information content (AvgIpc) is 2.65. The molecule has 0 bridgehead atoms. The molecule has 5 nitrogen and oxygen atoms in total. The van der Waals surface area contributed by atoms with Crippen LogP contribution in [-0.4, -0.2) is 34.7 Å². The number of carbonyl (C=O) groups is 2. The molecule has 3 N–H and O–H groups in total. The third-order valence-corrected chi connectivity index (χ3v) is 2.52. The number of rotatable bonds is 4. The second-order valence-corrected chi connectivity index (χ2v) is 3.56. The van der Waals surface area contributed by atoms with E-state index in [2.05, 4.69) is 5.32 Å². The maximum Gasteiger partial charge on any atom is 0.328 e. The molecule has 0 aliphatic heterocycles. The number of aliphatic hydroxyl groups is 1. The number of aliphatic carboxylic acids is 1. The Balaban J connectivity index is 2.41. The van der Waals surface area contributed by atoms with Gasteiger partial charge in [0.1, 0.15) is 6.04 Å². The van der Waals surface area contributed by atoms with E-state index in [0.717, 1.165) is 25.7 Å². The fourth-order valence-corrected chi connectivity index (χ4v) is 1.66. The molecule has 1 fully saturated rings. The first-order valence-electron chi connectivity index (χ1n) is 4.79. The van der Waals surface area contributed by atoms with E-state index < -0.39 is 18.6 Å². The van der Waals surface area contributed by atoms with Crippen molar-refractivity contribution in [3.8, 4) is 0 Å². The molecule has 0 heterocycles. The molecular formula is C9H15NO4. The highest BCUT2D eigenvalue weighted by Crippen LogP contribution is 2.24. The molecule has 0 aromatic rings. The topological polar surface area (TPSA) is 86.6 Å². The predicted molar refractivity (Wildman–Crippen MR) is 48.6 cm³/mol. The molecular weight excluding hydrogens is 186 g/mol. The molecule has 1 saturated carbocycles. The van der Waals surface area contributed by atoms with Crippen LogP contribution in [-0.2, 0) is 9.59 Å². The second-order valence-electron chi connectivity index (χ2n) is 3.56. The third-order valence-electron chi connectivity index (χ3n) is 2.52. The lowest BCUT2D eigenvalue weighted by molar-refractivity contribution is -0.143. The Morgan fingerprint density at radius 2 is 1.93 bits per heavy atom. The first-order chi connectivity index (χ1) is 6.65. The van der Waals surface area contributed by atoms with Crippen molar-refractivity contribution in [2.45, 2.75) is 31.7 Å². The number of amides is 1. The van der Waals surface area contributed by atoms with Gasteiger partial charge >= 0.3 is 5.97 Å². The van der Waals surface area contributed by atoms with Gasteiger partial charge in [0.15, 0.2) is 0 Å². The average molecular weight is 201 g/mol. The minimum atomic E-state index is -1.20. The summed E-state index contributed by atoms with van der Waals surface area (Å²) in [5, 5.41) is 19.6. The van der Waals surface area contributed by atoms with Crippen LogP contribution < -0.4 is 5.32 Å². The fourth-order valence-electron chi connectivity index (χ4n) is 1.66. The second kappa shape index (κ2) is 4.95. The molecule has 14 heavy (non-hydrogen) atoms. The smallest absolute Gasteiger partial charge is 0.328 e. The first kappa shape index (κ1) is 11.0. The van der Waals surface area contributed by atoms with Gasteiger partial charge in [0.05, 0.1) is 6.61 Å². The van der Waals surface area contributed by atoms with E-state index in [1.54, 1.807) is 0 Å². The molecule has 1 aliphatic carbocycles. The minimum absolute atomic E-state index is 0.0663. The number of hydrogen-bond acceptors (Lipinski definition) is 3. The van der Waals surface area contributed by atoms with Crippen LogP contribution in [0, 0.1) is 5.92 Å². The summed E-state index contributed by atoms with van der Waals surface area (Å²) in [5.41, 5.74) is 0. The summed E-state index contributed by atoms with van der Waals surface area (Å²) in [6.45, 7) is -0.562. The summed E-state index contributed by atoms with van der Waals surface area (Å²) >= 11 is 0. The molecule has 1 unspecified atom stereocenters. The maximum absolute atomic E-state index is 11.4. The summed E-state index contributed by atoms with van der Waals surface area (Å²) in [6, 6.07) is -1.16. The lowest BCUT2D eigenvalue weighted by atomic mass is 10.1. The molecule has 1 aliphatic rings. The van der Waals surface area contributed by atoms with E-state index in [0.29, 0.717) is 0 Å². The van der Waals surface area contributed by atoms with Crippen molar-refractivity contribution >= 4 is 11.9 Å². The van der Waals surface area contributed by atoms with Crippen molar-refractivity contribution in [2.75, 3.05) is 6.61 Å². The SMILES string of the molecule is O=C(NC(CO)C(=O)O)C1CCCC1. The summed E-state index contributed by atoms with van der Waals surface area (Å²) in [6.07, 6.45) is 3.69. The Morgan fingerprint density at radius 3 is 2.36 bits per heavy atom. The van der Waals surface area contributed by atoms with Crippen LogP contribution in [0.2, 0.25) is 0 Å². The number of carboxylic acids is 1. The van der Waals surface area contributed by atoms with Crippen LogP contribution in [0.3, 0.4) is 0 Å². The lowest BCUT2D eigenvalue weighted by Crippen LogP contribution is -2.45. The molecule has 0 radical (unpaired) electrons. The van der Waals surface area contributed by atoms with Crippen molar-refractivity contribution in [3.63, 3.8) is 0 Å². The van der Waals surface area contributed by atoms with Crippen LogP contribution in [0.5, 0.6) is 0 Å². The monoisotopic (exact) mass is 201 g/mol. The Bertz CT molecular complexity index is 223. The van der Waals surface area contributed by atoms with E-state index in [4.69, 9.17) is 10.2 Å². The normalized spacial score (nSPS) is 19.2. The van der Waals surface area contributed by atoms with Gasteiger partial charge in [-0.3, -0.25) is 4.79 Å². The Morgan fingerprint density at radius 1 is 1.36 bits per heavy atom. The molecule has 5 heteroatoms. The molecule has 0 aromatic heterocycles. The van der Waals surface area contributed by atoms with Gasteiger partial charge in [-0.05, 0) is 12.8 Å². The van der Waals surface area contributed by atoms with E-state index in [1.165, 1.54) is 0 Å². The molecule has 1 amide bonds. The molecule has 0 aromatic carbocycles. The minimum Gasteiger partial charge on any atom is -0.480 e. The predicted octanol–water partition coefficient (Wildman–Crippen LogP) is -0.262. The zero-order valence-corrected chi connectivity index (χ0v) is 7.90. The highest BCUT2D eigenvalue weighted by molar-refractivity contribution is 5.85. The summed E-state index contributed by atoms with van der Waals surface area (Å²) in [5.74, 6) is -1.51. The van der Waals surface area contributed by atoms with Gasteiger partial charge in [-0.15, -0.1) is 0 Å². The van der Waals surface area contributed by atoms with Gasteiger partial charge in [-0.25, -0.2) is 4.79 Å². The number of hydrogen-bond donors (Lipinski definition) is 3. The fraction of sp³-hybridized carbons (Fsp3) is 0.778. The lowest BCUT2D eigenvalue weighted by Gasteiger charge is -2.14. The van der Waals surface area contributed by atoms with Gasteiger partial charge in [0.25, 0.3) is 0 Å². The van der Waals surface area contributed by atoms with Crippen molar-refractivity contribution < 1.29 is 19.8 Å². The molecule has 1 rings (SSSR count). The van der Waals surface area contributed by atoms with Crippen molar-refractivity contribution in [1.29, 1.82) is 0 Å². The van der Waals surface area contributed by atoms with Crippen LogP contribution in [0.4, 0.5) is 0 Å². The van der Waals surface area contributed by atoms with Crippen LogP contribution in [0.1, 0.15) is 25.7 Å². The number of nitrogens with one attached hydrogen (secondary N) is 1. The van der Waals surface area contributed by atoms with Crippen molar-refractivity contribution in [1.82, 2.24) is 5.32 Å². The summed E-state index contributed by atoms with van der Waals surface area (Å²) in [7, 11) is 0. The van der Waals surface area contributed by atoms with Gasteiger partial charge in [-0.2, -0.15) is 0 Å². The third kappa shape index (κ3) is 2.70. The zero-order valence-electron chi connectivity index (χ0n) is 7.90. The number of carboxylic acid groups (broad SMARTS) is 1. The van der Waals surface area contributed by atoms with Crippen LogP contribution in [0.15, 0.2) is 0 Å². The van der Waals surface area contributed by atoms with E-state index in [9.17, 15) is 9.59 Å². The van der Waals surface area contributed by atoms with E-state index in [-0.39, 0.29) is 11.8 Å².